The summed E-state index contributed by atoms with van der Waals surface area (Å²) in [6.07, 6.45) is 1.21. The Labute approximate surface area is 162 Å². The van der Waals surface area contributed by atoms with Crippen LogP contribution in [0.3, 0.4) is 0 Å². The summed E-state index contributed by atoms with van der Waals surface area (Å²) in [5, 5.41) is 12.0. The lowest BCUT2D eigenvalue weighted by Gasteiger charge is -2.13. The van der Waals surface area contributed by atoms with Crippen molar-refractivity contribution in [1.82, 2.24) is 14.9 Å². The molecule has 1 aromatic heterocycles. The van der Waals surface area contributed by atoms with E-state index < -0.39 is 11.4 Å². The third-order valence-corrected chi connectivity index (χ3v) is 5.08. The number of imidazole rings is 1. The maximum absolute atomic E-state index is 12.5. The SMILES string of the molecule is O=C(Cn1c(COc2ccccc2)nc2ccccc21)NCC1(C(=O)O)CC1. The van der Waals surface area contributed by atoms with Crippen LogP contribution in [0.15, 0.2) is 54.6 Å². The molecule has 28 heavy (non-hydrogen) atoms. The van der Waals surface area contributed by atoms with Gasteiger partial charge in [-0.05, 0) is 37.1 Å². The van der Waals surface area contributed by atoms with Crippen LogP contribution in [-0.4, -0.2) is 33.1 Å². The van der Waals surface area contributed by atoms with Gasteiger partial charge in [-0.2, -0.15) is 0 Å². The van der Waals surface area contributed by atoms with Crippen molar-refractivity contribution in [2.75, 3.05) is 6.54 Å². The number of nitrogens with one attached hydrogen (secondary N) is 1. The molecule has 4 rings (SSSR count). The molecular weight excluding hydrogens is 358 g/mol. The van der Waals surface area contributed by atoms with Crippen LogP contribution in [0.25, 0.3) is 11.0 Å². The Balaban J connectivity index is 1.50. The zero-order chi connectivity index (χ0) is 19.6. The van der Waals surface area contributed by atoms with Crippen LogP contribution >= 0.6 is 0 Å². The number of nitrogens with zero attached hydrogens (tertiary/aromatic N) is 2. The Hall–Kier alpha value is -3.35. The molecule has 2 N–H and O–H groups in total. The van der Waals surface area contributed by atoms with E-state index in [1.165, 1.54) is 0 Å². The number of aliphatic carboxylic acids is 1. The monoisotopic (exact) mass is 379 g/mol. The van der Waals surface area contributed by atoms with Crippen molar-refractivity contribution < 1.29 is 19.4 Å². The van der Waals surface area contributed by atoms with Crippen molar-refractivity contribution in [1.29, 1.82) is 0 Å². The highest BCUT2D eigenvalue weighted by Crippen LogP contribution is 2.45. The highest BCUT2D eigenvalue weighted by molar-refractivity contribution is 5.83. The van der Waals surface area contributed by atoms with E-state index in [2.05, 4.69) is 10.3 Å². The fourth-order valence-corrected chi connectivity index (χ4v) is 3.16. The Kier molecular flexibility index (Phi) is 4.73. The first-order valence-corrected chi connectivity index (χ1v) is 9.19. The minimum atomic E-state index is -0.849. The fourth-order valence-electron chi connectivity index (χ4n) is 3.16. The van der Waals surface area contributed by atoms with Crippen LogP contribution in [-0.2, 0) is 22.7 Å². The Morgan fingerprint density at radius 2 is 1.82 bits per heavy atom. The minimum Gasteiger partial charge on any atom is -0.486 e. The van der Waals surface area contributed by atoms with E-state index in [-0.39, 0.29) is 25.6 Å². The molecule has 1 saturated carbocycles. The van der Waals surface area contributed by atoms with Crippen molar-refractivity contribution in [3.05, 3.63) is 60.4 Å². The van der Waals surface area contributed by atoms with Gasteiger partial charge in [0.25, 0.3) is 0 Å². The van der Waals surface area contributed by atoms with Crippen molar-refractivity contribution in [3.63, 3.8) is 0 Å². The predicted molar refractivity (Wildman–Crippen MR) is 103 cm³/mol. The van der Waals surface area contributed by atoms with Crippen LogP contribution in [0.5, 0.6) is 5.75 Å². The van der Waals surface area contributed by atoms with Gasteiger partial charge in [-0.25, -0.2) is 4.98 Å². The van der Waals surface area contributed by atoms with Crippen LogP contribution in [0.4, 0.5) is 0 Å². The first-order valence-electron chi connectivity index (χ1n) is 9.19. The summed E-state index contributed by atoms with van der Waals surface area (Å²) >= 11 is 0. The number of carboxylic acids is 1. The number of fused-ring (bicyclic) bond motifs is 1. The number of hydrogen-bond acceptors (Lipinski definition) is 4. The van der Waals surface area contributed by atoms with E-state index in [1.807, 2.05) is 59.2 Å². The number of carboxylic acid groups (broad SMARTS) is 1. The van der Waals surface area contributed by atoms with E-state index >= 15 is 0 Å². The molecule has 7 heteroatoms. The number of rotatable bonds is 8. The van der Waals surface area contributed by atoms with Gasteiger partial charge in [0.2, 0.25) is 5.91 Å². The lowest BCUT2D eigenvalue weighted by molar-refractivity contribution is -0.143. The van der Waals surface area contributed by atoms with Gasteiger partial charge >= 0.3 is 5.97 Å². The second-order valence-corrected chi connectivity index (χ2v) is 7.07. The summed E-state index contributed by atoms with van der Waals surface area (Å²) in [4.78, 5) is 28.4. The van der Waals surface area contributed by atoms with E-state index in [9.17, 15) is 14.7 Å². The minimum absolute atomic E-state index is 0.0592. The molecule has 0 saturated heterocycles. The van der Waals surface area contributed by atoms with Crippen molar-refractivity contribution in [2.24, 2.45) is 5.41 Å². The first-order chi connectivity index (χ1) is 13.6. The van der Waals surface area contributed by atoms with E-state index in [0.717, 1.165) is 16.8 Å². The average molecular weight is 379 g/mol. The molecule has 1 amide bonds. The smallest absolute Gasteiger partial charge is 0.311 e. The standard InChI is InChI=1S/C21H21N3O4/c25-19(22-14-21(10-11-21)20(26)27)12-24-17-9-5-4-8-16(17)23-18(24)13-28-15-6-2-1-3-7-15/h1-9H,10-14H2,(H,22,25)(H,26,27). The van der Waals surface area contributed by atoms with E-state index in [0.29, 0.717) is 18.7 Å². The molecule has 144 valence electrons. The maximum Gasteiger partial charge on any atom is 0.311 e. The summed E-state index contributed by atoms with van der Waals surface area (Å²) in [6, 6.07) is 17.0. The van der Waals surface area contributed by atoms with Crippen molar-refractivity contribution in [2.45, 2.75) is 26.0 Å². The molecule has 1 fully saturated rings. The summed E-state index contributed by atoms with van der Waals surface area (Å²) in [7, 11) is 0. The van der Waals surface area contributed by atoms with Crippen LogP contribution in [0, 0.1) is 5.41 Å². The second-order valence-electron chi connectivity index (χ2n) is 7.07. The van der Waals surface area contributed by atoms with Crippen molar-refractivity contribution >= 4 is 22.9 Å². The summed E-state index contributed by atoms with van der Waals surface area (Å²) in [5.41, 5.74) is 0.834. The average Bonchev–Trinajstić information content (AvgIpc) is 3.44. The van der Waals surface area contributed by atoms with Crippen LogP contribution in [0.1, 0.15) is 18.7 Å². The summed E-state index contributed by atoms with van der Waals surface area (Å²) in [5.74, 6) is 0.275. The molecule has 0 atom stereocenters. The maximum atomic E-state index is 12.5. The Bertz CT molecular complexity index is 1010. The van der Waals surface area contributed by atoms with Crippen LogP contribution < -0.4 is 10.1 Å². The van der Waals surface area contributed by atoms with Crippen LogP contribution in [0.2, 0.25) is 0 Å². The van der Waals surface area contributed by atoms with Gasteiger partial charge in [-0.15, -0.1) is 0 Å². The number of carbonyl (C=O) groups is 2. The second kappa shape index (κ2) is 7.34. The number of hydrogen-bond donors (Lipinski definition) is 2. The normalized spacial score (nSPS) is 14.6. The molecule has 1 aliphatic carbocycles. The van der Waals surface area contributed by atoms with Gasteiger partial charge in [-0.1, -0.05) is 30.3 Å². The topological polar surface area (TPSA) is 93.5 Å². The largest absolute Gasteiger partial charge is 0.486 e. The molecule has 1 aliphatic rings. The Morgan fingerprint density at radius 3 is 2.54 bits per heavy atom. The lowest BCUT2D eigenvalue weighted by atomic mass is 10.1. The van der Waals surface area contributed by atoms with Gasteiger partial charge in [-0.3, -0.25) is 9.59 Å². The zero-order valence-corrected chi connectivity index (χ0v) is 15.3. The van der Waals surface area contributed by atoms with Crippen molar-refractivity contribution in [3.8, 4) is 5.75 Å². The number of para-hydroxylation sites is 3. The molecule has 7 nitrogen and oxygen atoms in total. The third kappa shape index (κ3) is 3.69. The molecule has 0 spiro atoms. The summed E-state index contributed by atoms with van der Waals surface area (Å²) in [6.45, 7) is 0.443. The third-order valence-electron chi connectivity index (χ3n) is 5.08. The zero-order valence-electron chi connectivity index (χ0n) is 15.3. The molecule has 0 bridgehead atoms. The lowest BCUT2D eigenvalue weighted by Crippen LogP contribution is -2.36. The fraction of sp³-hybridized carbons (Fsp3) is 0.286. The van der Waals surface area contributed by atoms with E-state index in [1.54, 1.807) is 0 Å². The van der Waals surface area contributed by atoms with E-state index in [4.69, 9.17) is 4.74 Å². The molecular formula is C21H21N3O4. The molecule has 2 aromatic carbocycles. The van der Waals surface area contributed by atoms with Gasteiger partial charge in [0.15, 0.2) is 0 Å². The number of aromatic nitrogens is 2. The van der Waals surface area contributed by atoms with Gasteiger partial charge in [0.1, 0.15) is 24.7 Å². The van der Waals surface area contributed by atoms with Gasteiger partial charge < -0.3 is 19.7 Å². The van der Waals surface area contributed by atoms with Gasteiger partial charge in [0.05, 0.1) is 16.4 Å². The predicted octanol–water partition coefficient (Wildman–Crippen LogP) is 2.60. The highest BCUT2D eigenvalue weighted by atomic mass is 16.5. The molecule has 0 radical (unpaired) electrons. The quantitative estimate of drug-likeness (QED) is 0.627. The number of benzene rings is 2. The molecule has 0 aliphatic heterocycles. The summed E-state index contributed by atoms with van der Waals surface area (Å²) < 4.78 is 7.62. The van der Waals surface area contributed by atoms with Gasteiger partial charge in [0, 0.05) is 6.54 Å². The molecule has 3 aromatic rings. The molecule has 1 heterocycles. The Morgan fingerprint density at radius 1 is 1.11 bits per heavy atom. The number of ether oxygens (including phenoxy) is 1. The first kappa shape index (κ1) is 18.0. The molecule has 0 unspecified atom stereocenters. The highest BCUT2D eigenvalue weighted by Gasteiger charge is 2.50. The number of carbonyl (C=O) groups excluding carboxylic acids is 1. The number of amides is 1.